The van der Waals surface area contributed by atoms with Crippen LogP contribution in [0, 0.1) is 12.8 Å². The SMILES string of the molecule is Cc1oc(-c2ccc(C(F)(F)F)cc2)nc1CN1CCC([C@@H](O)c2cccs2)CC1. The van der Waals surface area contributed by atoms with Crippen molar-refractivity contribution >= 4 is 11.3 Å². The van der Waals surface area contributed by atoms with E-state index in [1.54, 1.807) is 11.3 Å². The van der Waals surface area contributed by atoms with E-state index >= 15 is 0 Å². The zero-order valence-corrected chi connectivity index (χ0v) is 17.3. The number of alkyl halides is 3. The van der Waals surface area contributed by atoms with Crippen LogP contribution in [0.25, 0.3) is 11.5 Å². The zero-order chi connectivity index (χ0) is 21.3. The Hall–Kier alpha value is -2.16. The number of piperidine rings is 1. The third-order valence-electron chi connectivity index (χ3n) is 5.64. The van der Waals surface area contributed by atoms with Crippen molar-refractivity contribution in [1.82, 2.24) is 9.88 Å². The van der Waals surface area contributed by atoms with Crippen LogP contribution in [0.1, 0.15) is 40.8 Å². The maximum atomic E-state index is 12.7. The third-order valence-corrected chi connectivity index (χ3v) is 6.58. The highest BCUT2D eigenvalue weighted by Crippen LogP contribution is 2.34. The van der Waals surface area contributed by atoms with Gasteiger partial charge >= 0.3 is 6.18 Å². The van der Waals surface area contributed by atoms with Gasteiger partial charge in [0.05, 0.1) is 17.4 Å². The fourth-order valence-electron chi connectivity index (χ4n) is 3.83. The van der Waals surface area contributed by atoms with E-state index in [0.717, 1.165) is 48.6 Å². The van der Waals surface area contributed by atoms with E-state index in [0.29, 0.717) is 23.8 Å². The minimum Gasteiger partial charge on any atom is -0.441 e. The molecule has 160 valence electrons. The van der Waals surface area contributed by atoms with Gasteiger partial charge < -0.3 is 9.52 Å². The number of rotatable bonds is 5. The lowest BCUT2D eigenvalue weighted by Gasteiger charge is -2.33. The number of aryl methyl sites for hydroxylation is 1. The predicted octanol–water partition coefficient (Wildman–Crippen LogP) is 5.68. The highest BCUT2D eigenvalue weighted by Gasteiger charge is 2.30. The molecule has 0 radical (unpaired) electrons. The summed E-state index contributed by atoms with van der Waals surface area (Å²) in [6, 6.07) is 8.78. The van der Waals surface area contributed by atoms with Crippen molar-refractivity contribution < 1.29 is 22.7 Å². The van der Waals surface area contributed by atoms with Crippen molar-refractivity contribution in [3.8, 4) is 11.5 Å². The number of hydrogen-bond donors (Lipinski definition) is 1. The molecular weight excluding hydrogens is 413 g/mol. The van der Waals surface area contributed by atoms with Gasteiger partial charge in [0.25, 0.3) is 0 Å². The normalized spacial score (nSPS) is 17.4. The van der Waals surface area contributed by atoms with Gasteiger partial charge in [0.2, 0.25) is 5.89 Å². The Bertz CT molecular complexity index is 959. The third kappa shape index (κ3) is 4.61. The molecule has 4 nitrogen and oxygen atoms in total. The minimum absolute atomic E-state index is 0.251. The molecule has 1 saturated heterocycles. The molecule has 0 amide bonds. The second-order valence-corrected chi connectivity index (χ2v) is 8.65. The summed E-state index contributed by atoms with van der Waals surface area (Å²) in [5, 5.41) is 12.5. The van der Waals surface area contributed by atoms with Gasteiger partial charge in [0.1, 0.15) is 5.76 Å². The topological polar surface area (TPSA) is 49.5 Å². The highest BCUT2D eigenvalue weighted by molar-refractivity contribution is 7.10. The molecule has 4 rings (SSSR count). The molecule has 8 heteroatoms. The fourth-order valence-corrected chi connectivity index (χ4v) is 4.63. The van der Waals surface area contributed by atoms with Gasteiger partial charge in [-0.2, -0.15) is 13.2 Å². The van der Waals surface area contributed by atoms with Crippen LogP contribution in [0.15, 0.2) is 46.2 Å². The molecule has 1 aliphatic rings. The summed E-state index contributed by atoms with van der Waals surface area (Å²) >= 11 is 1.58. The molecular formula is C22H23F3N2O2S. The van der Waals surface area contributed by atoms with Crippen LogP contribution in [0.3, 0.4) is 0 Å². The second-order valence-electron chi connectivity index (χ2n) is 7.67. The molecule has 1 atom stereocenters. The number of aliphatic hydroxyl groups excluding tert-OH is 1. The number of aromatic nitrogens is 1. The summed E-state index contributed by atoms with van der Waals surface area (Å²) in [5.41, 5.74) is 0.625. The Morgan fingerprint density at radius 1 is 1.20 bits per heavy atom. The number of halogens is 3. The minimum atomic E-state index is -4.36. The van der Waals surface area contributed by atoms with Gasteiger partial charge in [0.15, 0.2) is 0 Å². The molecule has 0 aliphatic carbocycles. The van der Waals surface area contributed by atoms with E-state index in [4.69, 9.17) is 4.42 Å². The summed E-state index contributed by atoms with van der Waals surface area (Å²) in [4.78, 5) is 7.82. The van der Waals surface area contributed by atoms with Crippen LogP contribution in [0.2, 0.25) is 0 Å². The van der Waals surface area contributed by atoms with Crippen molar-refractivity contribution in [2.45, 2.75) is 38.6 Å². The maximum absolute atomic E-state index is 12.7. The standard InChI is InChI=1S/C22H23F3N2O2S/c1-14-18(26-21(29-14)16-4-6-17(7-5-16)22(23,24)25)13-27-10-8-15(9-11-27)20(28)19-3-2-12-30-19/h2-7,12,15,20,28H,8-11,13H2,1H3/t20-/m1/s1. The van der Waals surface area contributed by atoms with Crippen LogP contribution >= 0.6 is 11.3 Å². The van der Waals surface area contributed by atoms with Crippen molar-refractivity contribution in [1.29, 1.82) is 0 Å². The summed E-state index contributed by atoms with van der Waals surface area (Å²) in [7, 11) is 0. The summed E-state index contributed by atoms with van der Waals surface area (Å²) < 4.78 is 44.0. The first kappa shape index (κ1) is 21.1. The smallest absolute Gasteiger partial charge is 0.416 e. The predicted molar refractivity (Wildman–Crippen MR) is 109 cm³/mol. The van der Waals surface area contributed by atoms with Crippen LogP contribution in [-0.4, -0.2) is 28.1 Å². The molecule has 3 heterocycles. The Morgan fingerprint density at radius 3 is 2.50 bits per heavy atom. The number of oxazole rings is 1. The molecule has 2 aromatic heterocycles. The molecule has 1 aliphatic heterocycles. The van der Waals surface area contributed by atoms with E-state index in [1.165, 1.54) is 12.1 Å². The Morgan fingerprint density at radius 2 is 1.90 bits per heavy atom. The van der Waals surface area contributed by atoms with Crippen LogP contribution in [-0.2, 0) is 12.7 Å². The van der Waals surface area contributed by atoms with Crippen molar-refractivity contribution in [3.05, 3.63) is 63.7 Å². The van der Waals surface area contributed by atoms with Crippen molar-refractivity contribution in [2.75, 3.05) is 13.1 Å². The number of nitrogens with zero attached hydrogens (tertiary/aromatic N) is 2. The first-order valence-corrected chi connectivity index (χ1v) is 10.8. The highest BCUT2D eigenvalue weighted by atomic mass is 32.1. The van der Waals surface area contributed by atoms with E-state index in [9.17, 15) is 18.3 Å². The molecule has 1 N–H and O–H groups in total. The number of aliphatic hydroxyl groups is 1. The monoisotopic (exact) mass is 436 g/mol. The first-order chi connectivity index (χ1) is 14.3. The van der Waals surface area contributed by atoms with Gasteiger partial charge in [-0.25, -0.2) is 4.98 Å². The van der Waals surface area contributed by atoms with E-state index in [1.807, 2.05) is 24.4 Å². The lowest BCUT2D eigenvalue weighted by molar-refractivity contribution is -0.137. The molecule has 0 bridgehead atoms. The number of hydrogen-bond acceptors (Lipinski definition) is 5. The van der Waals surface area contributed by atoms with E-state index in [2.05, 4.69) is 9.88 Å². The number of benzene rings is 1. The lowest BCUT2D eigenvalue weighted by atomic mass is 9.90. The van der Waals surface area contributed by atoms with Crippen molar-refractivity contribution in [3.63, 3.8) is 0 Å². The number of likely N-dealkylation sites (tertiary alicyclic amines) is 1. The van der Waals surface area contributed by atoms with Crippen molar-refractivity contribution in [2.24, 2.45) is 5.92 Å². The first-order valence-electron chi connectivity index (χ1n) is 9.89. The largest absolute Gasteiger partial charge is 0.441 e. The van der Waals surface area contributed by atoms with E-state index in [-0.39, 0.29) is 5.92 Å². The molecule has 3 aromatic rings. The Kier molecular flexibility index (Phi) is 5.99. The Labute approximate surface area is 177 Å². The van der Waals surface area contributed by atoms with E-state index < -0.39 is 17.8 Å². The van der Waals surface area contributed by atoms with Crippen LogP contribution < -0.4 is 0 Å². The van der Waals surface area contributed by atoms with Gasteiger partial charge in [-0.15, -0.1) is 11.3 Å². The molecule has 0 saturated carbocycles. The van der Waals surface area contributed by atoms with Crippen LogP contribution in [0.5, 0.6) is 0 Å². The zero-order valence-electron chi connectivity index (χ0n) is 16.5. The maximum Gasteiger partial charge on any atom is 0.416 e. The average molecular weight is 436 g/mol. The quantitative estimate of drug-likeness (QED) is 0.559. The van der Waals surface area contributed by atoms with Gasteiger partial charge in [0, 0.05) is 17.0 Å². The van der Waals surface area contributed by atoms with Gasteiger partial charge in [-0.05, 0) is 74.5 Å². The summed E-state index contributed by atoms with van der Waals surface area (Å²) in [6.07, 6.45) is -2.96. The molecule has 1 aromatic carbocycles. The van der Waals surface area contributed by atoms with Crippen LogP contribution in [0.4, 0.5) is 13.2 Å². The van der Waals surface area contributed by atoms with Gasteiger partial charge in [-0.1, -0.05) is 6.07 Å². The summed E-state index contributed by atoms with van der Waals surface area (Å²) in [5.74, 6) is 1.26. The fraction of sp³-hybridized carbons (Fsp3) is 0.409. The number of thiophene rings is 1. The molecule has 0 spiro atoms. The molecule has 0 unspecified atom stereocenters. The summed E-state index contributed by atoms with van der Waals surface area (Å²) in [6.45, 7) is 4.16. The Balaban J connectivity index is 1.38. The average Bonchev–Trinajstić information content (AvgIpc) is 3.38. The molecule has 1 fully saturated rings. The lowest BCUT2D eigenvalue weighted by Crippen LogP contribution is -2.35. The second kappa shape index (κ2) is 8.53. The van der Waals surface area contributed by atoms with Gasteiger partial charge in [-0.3, -0.25) is 4.90 Å². The molecule has 30 heavy (non-hydrogen) atoms.